The van der Waals surface area contributed by atoms with Crippen LogP contribution in [-0.4, -0.2) is 24.1 Å². The number of halogens is 1. The number of rotatable bonds is 7. The minimum atomic E-state index is -0.883. The fraction of sp³-hybridized carbons (Fsp3) is 0.385. The van der Waals surface area contributed by atoms with Gasteiger partial charge in [0.25, 0.3) is 0 Å². The van der Waals surface area contributed by atoms with Crippen molar-refractivity contribution in [2.45, 2.75) is 25.8 Å². The van der Waals surface area contributed by atoms with Gasteiger partial charge >= 0.3 is 5.97 Å². The summed E-state index contributed by atoms with van der Waals surface area (Å²) in [6.45, 7) is 0.411. The van der Waals surface area contributed by atoms with Crippen LogP contribution in [0.4, 0.5) is 0 Å². The van der Waals surface area contributed by atoms with Gasteiger partial charge in [-0.2, -0.15) is 0 Å². The molecule has 0 saturated carbocycles. The van der Waals surface area contributed by atoms with Gasteiger partial charge in [0.2, 0.25) is 5.91 Å². The van der Waals surface area contributed by atoms with Crippen molar-refractivity contribution in [3.05, 3.63) is 28.2 Å². The molecule has 0 aliphatic carbocycles. The van der Waals surface area contributed by atoms with E-state index in [-0.39, 0.29) is 18.7 Å². The first-order chi connectivity index (χ1) is 9.02. The van der Waals surface area contributed by atoms with Gasteiger partial charge in [-0.3, -0.25) is 9.59 Å². The summed E-state index contributed by atoms with van der Waals surface area (Å²) in [5, 5.41) is 11.2. The Morgan fingerprint density at radius 1 is 1.37 bits per heavy atom. The Balaban J connectivity index is 2.37. The number of ether oxygens (including phenoxy) is 1. The maximum atomic E-state index is 11.5. The van der Waals surface area contributed by atoms with Gasteiger partial charge in [-0.05, 0) is 40.0 Å². The number of carbonyl (C=O) groups excluding carboxylic acids is 1. The van der Waals surface area contributed by atoms with Crippen LogP contribution in [0.2, 0.25) is 0 Å². The Bertz CT molecular complexity index is 462. The topological polar surface area (TPSA) is 75.6 Å². The van der Waals surface area contributed by atoms with Crippen LogP contribution < -0.4 is 10.1 Å². The van der Waals surface area contributed by atoms with Gasteiger partial charge in [-0.1, -0.05) is 6.07 Å². The molecular formula is C13H16BrNO4. The van der Waals surface area contributed by atoms with E-state index >= 15 is 0 Å². The smallest absolute Gasteiger partial charge is 0.303 e. The average molecular weight is 330 g/mol. The molecule has 0 atom stereocenters. The summed E-state index contributed by atoms with van der Waals surface area (Å²) in [4.78, 5) is 21.8. The number of hydrogen-bond acceptors (Lipinski definition) is 3. The predicted octanol–water partition coefficient (Wildman–Crippen LogP) is 2.33. The van der Waals surface area contributed by atoms with E-state index < -0.39 is 5.97 Å². The van der Waals surface area contributed by atoms with Crippen molar-refractivity contribution >= 4 is 27.8 Å². The van der Waals surface area contributed by atoms with Crippen LogP contribution in [0.3, 0.4) is 0 Å². The number of carboxylic acids is 1. The fourth-order valence-corrected chi connectivity index (χ4v) is 2.10. The Morgan fingerprint density at radius 3 is 2.68 bits per heavy atom. The van der Waals surface area contributed by atoms with E-state index in [1.165, 1.54) is 0 Å². The average Bonchev–Trinajstić information content (AvgIpc) is 2.36. The Morgan fingerprint density at radius 2 is 2.11 bits per heavy atom. The van der Waals surface area contributed by atoms with Crippen LogP contribution in [0.25, 0.3) is 0 Å². The van der Waals surface area contributed by atoms with Crippen LogP contribution >= 0.6 is 15.9 Å². The van der Waals surface area contributed by atoms with Gasteiger partial charge in [0, 0.05) is 19.4 Å². The maximum Gasteiger partial charge on any atom is 0.303 e. The molecule has 0 unspecified atom stereocenters. The molecule has 0 heterocycles. The van der Waals surface area contributed by atoms with E-state index in [1.54, 1.807) is 7.11 Å². The van der Waals surface area contributed by atoms with Crippen LogP contribution in [0, 0.1) is 0 Å². The summed E-state index contributed by atoms with van der Waals surface area (Å²) in [6.07, 6.45) is 0.596. The maximum absolute atomic E-state index is 11.5. The second kappa shape index (κ2) is 7.78. The lowest BCUT2D eigenvalue weighted by molar-refractivity contribution is -0.137. The van der Waals surface area contributed by atoms with Gasteiger partial charge in [-0.15, -0.1) is 0 Å². The van der Waals surface area contributed by atoms with E-state index in [0.29, 0.717) is 13.0 Å². The Hall–Kier alpha value is -1.56. The van der Waals surface area contributed by atoms with Crippen LogP contribution in [0.15, 0.2) is 22.7 Å². The molecule has 0 aromatic heterocycles. The van der Waals surface area contributed by atoms with Crippen molar-refractivity contribution in [1.29, 1.82) is 0 Å². The lowest BCUT2D eigenvalue weighted by Gasteiger charge is -2.08. The molecule has 6 heteroatoms. The zero-order chi connectivity index (χ0) is 14.3. The summed E-state index contributed by atoms with van der Waals surface area (Å²) in [5.74, 6) is -0.295. The normalized spacial score (nSPS) is 10.0. The molecule has 0 radical (unpaired) electrons. The zero-order valence-corrected chi connectivity index (χ0v) is 12.2. The zero-order valence-electron chi connectivity index (χ0n) is 10.6. The van der Waals surface area contributed by atoms with E-state index in [1.807, 2.05) is 18.2 Å². The summed E-state index contributed by atoms with van der Waals surface area (Å²) >= 11 is 3.37. The van der Waals surface area contributed by atoms with Crippen LogP contribution in [-0.2, 0) is 16.1 Å². The SMILES string of the molecule is COc1ccc(CNC(=O)CCCC(=O)O)cc1Br. The minimum absolute atomic E-state index is 0.0154. The quantitative estimate of drug-likeness (QED) is 0.805. The van der Waals surface area contributed by atoms with Gasteiger partial charge in [-0.25, -0.2) is 0 Å². The summed E-state index contributed by atoms with van der Waals surface area (Å²) in [6, 6.07) is 5.55. The highest BCUT2D eigenvalue weighted by Gasteiger charge is 2.05. The fourth-order valence-electron chi connectivity index (χ4n) is 1.51. The number of nitrogens with one attached hydrogen (secondary N) is 1. The second-order valence-corrected chi connectivity index (χ2v) is 4.85. The number of carbonyl (C=O) groups is 2. The molecule has 5 nitrogen and oxygen atoms in total. The minimum Gasteiger partial charge on any atom is -0.496 e. The summed E-state index contributed by atoms with van der Waals surface area (Å²) < 4.78 is 5.94. The largest absolute Gasteiger partial charge is 0.496 e. The highest BCUT2D eigenvalue weighted by atomic mass is 79.9. The van der Waals surface area contributed by atoms with Crippen LogP contribution in [0.1, 0.15) is 24.8 Å². The molecule has 104 valence electrons. The van der Waals surface area contributed by atoms with E-state index in [2.05, 4.69) is 21.2 Å². The first kappa shape index (κ1) is 15.5. The number of hydrogen-bond donors (Lipinski definition) is 2. The van der Waals surface area contributed by atoms with Crippen molar-refractivity contribution in [1.82, 2.24) is 5.32 Å². The Labute approximate surface area is 120 Å². The van der Waals surface area contributed by atoms with Crippen molar-refractivity contribution < 1.29 is 19.4 Å². The van der Waals surface area contributed by atoms with Crippen molar-refractivity contribution in [3.63, 3.8) is 0 Å². The third kappa shape index (κ3) is 5.74. The second-order valence-electron chi connectivity index (χ2n) is 3.99. The number of aliphatic carboxylic acids is 1. The lowest BCUT2D eigenvalue weighted by atomic mass is 10.2. The summed E-state index contributed by atoms with van der Waals surface area (Å²) in [5.41, 5.74) is 0.944. The van der Waals surface area contributed by atoms with Gasteiger partial charge in [0.1, 0.15) is 5.75 Å². The third-order valence-corrected chi connectivity index (χ3v) is 3.12. The highest BCUT2D eigenvalue weighted by molar-refractivity contribution is 9.10. The van der Waals surface area contributed by atoms with Gasteiger partial charge in [0.15, 0.2) is 0 Å². The van der Waals surface area contributed by atoms with Crippen molar-refractivity contribution in [2.75, 3.05) is 7.11 Å². The molecule has 1 rings (SSSR count). The highest BCUT2D eigenvalue weighted by Crippen LogP contribution is 2.25. The molecule has 1 amide bonds. The molecule has 0 saturated heterocycles. The molecular weight excluding hydrogens is 314 g/mol. The van der Waals surface area contributed by atoms with E-state index in [0.717, 1.165) is 15.8 Å². The summed E-state index contributed by atoms with van der Waals surface area (Å²) in [7, 11) is 1.59. The molecule has 0 fully saturated rings. The standard InChI is InChI=1S/C13H16BrNO4/c1-19-11-6-5-9(7-10(11)14)8-15-12(16)3-2-4-13(17)18/h5-7H,2-4,8H2,1H3,(H,15,16)(H,17,18). The molecule has 2 N–H and O–H groups in total. The number of benzene rings is 1. The van der Waals surface area contributed by atoms with Gasteiger partial charge < -0.3 is 15.2 Å². The molecule has 0 spiro atoms. The van der Waals surface area contributed by atoms with E-state index in [9.17, 15) is 9.59 Å². The first-order valence-electron chi connectivity index (χ1n) is 5.84. The number of carboxylic acid groups (broad SMARTS) is 1. The monoisotopic (exact) mass is 329 g/mol. The molecule has 1 aromatic rings. The number of methoxy groups -OCH3 is 1. The lowest BCUT2D eigenvalue weighted by Crippen LogP contribution is -2.22. The van der Waals surface area contributed by atoms with Gasteiger partial charge in [0.05, 0.1) is 11.6 Å². The molecule has 0 aliphatic heterocycles. The Kier molecular flexibility index (Phi) is 6.35. The number of amides is 1. The van der Waals surface area contributed by atoms with Crippen molar-refractivity contribution in [3.8, 4) is 5.75 Å². The predicted molar refractivity (Wildman–Crippen MR) is 74.0 cm³/mol. The third-order valence-electron chi connectivity index (χ3n) is 2.50. The molecule has 0 bridgehead atoms. The molecule has 19 heavy (non-hydrogen) atoms. The van der Waals surface area contributed by atoms with E-state index in [4.69, 9.17) is 9.84 Å². The molecule has 1 aromatic carbocycles. The molecule has 0 aliphatic rings. The first-order valence-corrected chi connectivity index (χ1v) is 6.63. The van der Waals surface area contributed by atoms with Crippen molar-refractivity contribution in [2.24, 2.45) is 0 Å². The van der Waals surface area contributed by atoms with Crippen LogP contribution in [0.5, 0.6) is 5.75 Å².